The number of hydrogen-bond donors (Lipinski definition) is 0. The summed E-state index contributed by atoms with van der Waals surface area (Å²) in [4.78, 5) is 37.0. The molecule has 1 aliphatic heterocycles. The lowest BCUT2D eigenvalue weighted by atomic mass is 10.1. The van der Waals surface area contributed by atoms with E-state index in [0.29, 0.717) is 29.7 Å². The van der Waals surface area contributed by atoms with E-state index in [0.717, 1.165) is 12.3 Å². The zero-order chi connectivity index (χ0) is 28.4. The van der Waals surface area contributed by atoms with E-state index in [2.05, 4.69) is 9.97 Å². The number of halogens is 3. The van der Waals surface area contributed by atoms with E-state index in [1.54, 1.807) is 60.9 Å². The Hall–Kier alpha value is -3.93. The molecule has 3 aromatic rings. The summed E-state index contributed by atoms with van der Waals surface area (Å²) in [6.45, 7) is 6.49. The number of benzene rings is 1. The zero-order valence-corrected chi connectivity index (χ0v) is 22.0. The van der Waals surface area contributed by atoms with Gasteiger partial charge in [-0.05, 0) is 57.2 Å². The van der Waals surface area contributed by atoms with Crippen LogP contribution in [0.25, 0.3) is 10.9 Å². The van der Waals surface area contributed by atoms with Crippen molar-refractivity contribution in [1.82, 2.24) is 19.8 Å². The van der Waals surface area contributed by atoms with Gasteiger partial charge in [0.25, 0.3) is 5.91 Å². The normalized spacial score (nSPS) is 16.3. The summed E-state index contributed by atoms with van der Waals surface area (Å²) < 4.78 is 54.6. The monoisotopic (exact) mass is 546 g/mol. The average Bonchev–Trinajstić information content (AvgIpc) is 2.87. The summed E-state index contributed by atoms with van der Waals surface area (Å²) in [6.07, 6.45) is -3.98. The fourth-order valence-electron chi connectivity index (χ4n) is 4.13. The summed E-state index contributed by atoms with van der Waals surface area (Å²) in [6, 6.07) is 9.92. The van der Waals surface area contributed by atoms with Crippen LogP contribution < -0.4 is 4.74 Å². The van der Waals surface area contributed by atoms with E-state index in [4.69, 9.17) is 14.2 Å². The Kier molecular flexibility index (Phi) is 7.96. The summed E-state index contributed by atoms with van der Waals surface area (Å²) >= 11 is 0. The number of rotatable bonds is 5. The summed E-state index contributed by atoms with van der Waals surface area (Å²) in [7, 11) is 1.53. The minimum atomic E-state index is -4.53. The largest absolute Gasteiger partial charge is 0.456 e. The second-order valence-corrected chi connectivity index (χ2v) is 10.1. The molecule has 0 spiro atoms. The number of alkyl halides is 3. The highest BCUT2D eigenvalue weighted by atomic mass is 19.4. The molecule has 0 bridgehead atoms. The molecule has 0 unspecified atom stereocenters. The predicted octanol–water partition coefficient (Wildman–Crippen LogP) is 5.15. The van der Waals surface area contributed by atoms with Crippen LogP contribution >= 0.6 is 0 Å². The van der Waals surface area contributed by atoms with Gasteiger partial charge in [0, 0.05) is 32.1 Å². The molecule has 3 heterocycles. The van der Waals surface area contributed by atoms with Crippen LogP contribution in [-0.4, -0.2) is 76.8 Å². The highest BCUT2D eigenvalue weighted by Crippen LogP contribution is 2.30. The number of aromatic nitrogens is 2. The number of pyridine rings is 2. The van der Waals surface area contributed by atoms with Crippen molar-refractivity contribution in [2.24, 2.45) is 0 Å². The lowest BCUT2D eigenvalue weighted by molar-refractivity contribution is -0.141. The van der Waals surface area contributed by atoms with Gasteiger partial charge in [0.1, 0.15) is 28.5 Å². The molecule has 1 fully saturated rings. The highest BCUT2D eigenvalue weighted by molar-refractivity contribution is 5.95. The van der Waals surface area contributed by atoms with Crippen molar-refractivity contribution in [2.75, 3.05) is 33.4 Å². The first kappa shape index (κ1) is 28.1. The van der Waals surface area contributed by atoms with Crippen LogP contribution in [0.5, 0.6) is 11.5 Å². The number of fused-ring (bicyclic) bond motifs is 1. The molecule has 208 valence electrons. The van der Waals surface area contributed by atoms with Crippen LogP contribution in [0.1, 0.15) is 37.0 Å². The van der Waals surface area contributed by atoms with Crippen LogP contribution in [-0.2, 0) is 15.7 Å². The van der Waals surface area contributed by atoms with E-state index in [1.807, 2.05) is 0 Å². The molecular formula is C27H29F3N4O5. The Morgan fingerprint density at radius 2 is 1.77 bits per heavy atom. The molecule has 1 saturated heterocycles. The topological polar surface area (TPSA) is 94.1 Å². The van der Waals surface area contributed by atoms with Crippen LogP contribution in [0, 0.1) is 0 Å². The molecule has 4 rings (SSSR count). The fourth-order valence-corrected chi connectivity index (χ4v) is 4.13. The van der Waals surface area contributed by atoms with Gasteiger partial charge < -0.3 is 19.1 Å². The minimum absolute atomic E-state index is 0.151. The lowest BCUT2D eigenvalue weighted by Gasteiger charge is -2.41. The number of hydrogen-bond acceptors (Lipinski definition) is 7. The van der Waals surface area contributed by atoms with Gasteiger partial charge in [-0.3, -0.25) is 9.69 Å². The maximum Gasteiger partial charge on any atom is 0.433 e. The third kappa shape index (κ3) is 6.94. The number of carbonyl (C=O) groups is 2. The number of methoxy groups -OCH3 is 1. The number of piperazine rings is 1. The predicted molar refractivity (Wildman–Crippen MR) is 136 cm³/mol. The van der Waals surface area contributed by atoms with Crippen LogP contribution in [0.3, 0.4) is 0 Å². The van der Waals surface area contributed by atoms with E-state index < -0.39 is 23.6 Å². The number of nitrogens with zero attached hydrogens (tertiary/aromatic N) is 4. The van der Waals surface area contributed by atoms with E-state index in [9.17, 15) is 22.8 Å². The Labute approximate surface area is 223 Å². The van der Waals surface area contributed by atoms with Crippen molar-refractivity contribution < 1.29 is 37.0 Å². The van der Waals surface area contributed by atoms with E-state index >= 15 is 0 Å². The first-order chi connectivity index (χ1) is 18.3. The first-order valence-electron chi connectivity index (χ1n) is 12.2. The minimum Gasteiger partial charge on any atom is -0.456 e. The quantitative estimate of drug-likeness (QED) is 0.437. The third-order valence-corrected chi connectivity index (χ3v) is 5.90. The molecule has 0 N–H and O–H groups in total. The van der Waals surface area contributed by atoms with Crippen molar-refractivity contribution in [3.63, 3.8) is 0 Å². The summed E-state index contributed by atoms with van der Waals surface area (Å²) in [5.41, 5.74) is -0.866. The van der Waals surface area contributed by atoms with Crippen molar-refractivity contribution in [3.05, 3.63) is 60.0 Å². The van der Waals surface area contributed by atoms with Crippen LogP contribution in [0.15, 0.2) is 48.7 Å². The molecule has 1 aromatic carbocycles. The van der Waals surface area contributed by atoms with Gasteiger partial charge in [0.05, 0.1) is 24.4 Å². The molecule has 0 aliphatic carbocycles. The van der Waals surface area contributed by atoms with Crippen LogP contribution in [0.2, 0.25) is 0 Å². The van der Waals surface area contributed by atoms with Gasteiger partial charge in [0.2, 0.25) is 0 Å². The Bertz CT molecular complexity index is 1340. The number of ether oxygens (including phenoxy) is 3. The van der Waals surface area contributed by atoms with Crippen molar-refractivity contribution in [3.8, 4) is 11.5 Å². The highest BCUT2D eigenvalue weighted by Gasteiger charge is 2.35. The van der Waals surface area contributed by atoms with Crippen molar-refractivity contribution >= 4 is 22.9 Å². The van der Waals surface area contributed by atoms with Gasteiger partial charge in [-0.15, -0.1) is 0 Å². The molecule has 9 nitrogen and oxygen atoms in total. The van der Waals surface area contributed by atoms with E-state index in [-0.39, 0.29) is 36.5 Å². The van der Waals surface area contributed by atoms with Gasteiger partial charge in [0.15, 0.2) is 0 Å². The number of carbonyl (C=O) groups excluding carboxylic acids is 2. The van der Waals surface area contributed by atoms with E-state index in [1.165, 1.54) is 13.2 Å². The SMILES string of the molecule is COC[C@@H]1CN(C(=O)c2ccc3cc(Oc4ccc(C(F)(F)F)nc4)ccc3n2)CCN1C(=O)OC(C)(C)C. The summed E-state index contributed by atoms with van der Waals surface area (Å²) in [5.74, 6) is 0.252. The van der Waals surface area contributed by atoms with Gasteiger partial charge in [-0.2, -0.15) is 13.2 Å². The average molecular weight is 547 g/mol. The van der Waals surface area contributed by atoms with Gasteiger partial charge >= 0.3 is 12.3 Å². The second-order valence-electron chi connectivity index (χ2n) is 10.1. The molecule has 12 heteroatoms. The molecule has 0 radical (unpaired) electrons. The smallest absolute Gasteiger partial charge is 0.433 e. The van der Waals surface area contributed by atoms with Gasteiger partial charge in [-0.25, -0.2) is 14.8 Å². The maximum absolute atomic E-state index is 13.3. The fraction of sp³-hybridized carbons (Fsp3) is 0.407. The molecule has 39 heavy (non-hydrogen) atoms. The standard InChI is InChI=1S/C27H29F3N4O5/c1-26(2,3)39-25(36)34-12-11-33(15-18(34)16-37-4)24(35)22-8-5-17-13-19(6-9-21(17)32-22)38-20-7-10-23(31-14-20)27(28,29)30/h5-10,13-14,18H,11-12,15-16H2,1-4H3/t18-/m0/s1. The molecule has 0 saturated carbocycles. The molecule has 1 atom stereocenters. The Morgan fingerprint density at radius 1 is 1.03 bits per heavy atom. The van der Waals surface area contributed by atoms with Crippen LogP contribution in [0.4, 0.5) is 18.0 Å². The third-order valence-electron chi connectivity index (χ3n) is 5.90. The Balaban J connectivity index is 1.45. The van der Waals surface area contributed by atoms with Crippen molar-refractivity contribution in [1.29, 1.82) is 0 Å². The number of amides is 2. The Morgan fingerprint density at radius 3 is 2.41 bits per heavy atom. The van der Waals surface area contributed by atoms with Gasteiger partial charge in [-0.1, -0.05) is 6.07 Å². The second kappa shape index (κ2) is 11.0. The summed E-state index contributed by atoms with van der Waals surface area (Å²) in [5, 5.41) is 0.677. The lowest BCUT2D eigenvalue weighted by Crippen LogP contribution is -2.58. The maximum atomic E-state index is 13.3. The molecular weight excluding hydrogens is 517 g/mol. The molecule has 1 aliphatic rings. The van der Waals surface area contributed by atoms with Crippen molar-refractivity contribution in [2.45, 2.75) is 38.6 Å². The molecule has 2 amide bonds. The molecule has 2 aromatic heterocycles. The first-order valence-corrected chi connectivity index (χ1v) is 12.2. The zero-order valence-electron chi connectivity index (χ0n) is 22.0.